The lowest BCUT2D eigenvalue weighted by Gasteiger charge is -2.20. The maximum atomic E-state index is 12.2. The van der Waals surface area contributed by atoms with Crippen molar-refractivity contribution in [1.82, 2.24) is 5.32 Å². The van der Waals surface area contributed by atoms with Crippen LogP contribution in [0.15, 0.2) is 48.5 Å². The Labute approximate surface area is 166 Å². The van der Waals surface area contributed by atoms with Crippen molar-refractivity contribution >= 4 is 23.3 Å². The van der Waals surface area contributed by atoms with Gasteiger partial charge in [0.15, 0.2) is 0 Å². The van der Waals surface area contributed by atoms with Gasteiger partial charge in [-0.3, -0.25) is 4.79 Å². The van der Waals surface area contributed by atoms with Gasteiger partial charge in [-0.2, -0.15) is 0 Å². The summed E-state index contributed by atoms with van der Waals surface area (Å²) in [4.78, 5) is 24.4. The van der Waals surface area contributed by atoms with Crippen LogP contribution in [0.25, 0.3) is 0 Å². The van der Waals surface area contributed by atoms with E-state index in [4.69, 9.17) is 0 Å². The van der Waals surface area contributed by atoms with E-state index in [-0.39, 0.29) is 11.9 Å². The fourth-order valence-corrected chi connectivity index (χ4v) is 3.70. The highest BCUT2D eigenvalue weighted by Gasteiger charge is 2.16. The van der Waals surface area contributed by atoms with Crippen molar-refractivity contribution in [1.29, 1.82) is 0 Å². The minimum Gasteiger partial charge on any atom is -0.352 e. The molecule has 5 nitrogen and oxygen atoms in total. The molecule has 3 rings (SSSR count). The lowest BCUT2D eigenvalue weighted by atomic mass is 9.87. The average molecular weight is 380 g/mol. The molecule has 0 radical (unpaired) electrons. The molecule has 0 spiro atoms. The normalized spacial score (nSPS) is 14.3. The molecule has 148 valence electrons. The van der Waals surface area contributed by atoms with Gasteiger partial charge in [0.1, 0.15) is 0 Å². The number of carbonyl (C=O) groups is 2. The van der Waals surface area contributed by atoms with Crippen molar-refractivity contribution in [3.8, 4) is 0 Å². The second-order valence-corrected chi connectivity index (χ2v) is 7.63. The highest BCUT2D eigenvalue weighted by atomic mass is 16.2. The Morgan fingerprint density at radius 1 is 0.929 bits per heavy atom. The van der Waals surface area contributed by atoms with Gasteiger partial charge >= 0.3 is 6.03 Å². The molecule has 28 heavy (non-hydrogen) atoms. The summed E-state index contributed by atoms with van der Waals surface area (Å²) < 4.78 is 0. The molecule has 0 aromatic heterocycles. The number of aryl methyl sites for hydroxylation is 1. The molecule has 1 saturated carbocycles. The van der Waals surface area contributed by atoms with Gasteiger partial charge in [-0.05, 0) is 61.1 Å². The zero-order valence-corrected chi connectivity index (χ0v) is 16.5. The van der Waals surface area contributed by atoms with Gasteiger partial charge in [0.2, 0.25) is 5.91 Å². The first kappa shape index (κ1) is 19.9. The lowest BCUT2D eigenvalue weighted by Crippen LogP contribution is -2.26. The van der Waals surface area contributed by atoms with Crippen molar-refractivity contribution in [3.05, 3.63) is 59.7 Å². The van der Waals surface area contributed by atoms with Crippen molar-refractivity contribution in [3.63, 3.8) is 0 Å². The molecule has 1 aliphatic rings. The Hall–Kier alpha value is -2.82. The number of urea groups is 1. The number of carbonyl (C=O) groups excluding carboxylic acids is 2. The third kappa shape index (κ3) is 6.41. The molecule has 1 fully saturated rings. The van der Waals surface area contributed by atoms with E-state index in [1.165, 1.54) is 32.1 Å². The number of anilines is 2. The van der Waals surface area contributed by atoms with Gasteiger partial charge in [-0.15, -0.1) is 0 Å². The number of benzene rings is 2. The van der Waals surface area contributed by atoms with Gasteiger partial charge in [0, 0.05) is 24.3 Å². The third-order valence-electron chi connectivity index (χ3n) is 5.15. The van der Waals surface area contributed by atoms with Crippen LogP contribution in [0.1, 0.15) is 49.7 Å². The number of nitrogens with one attached hydrogen (secondary N) is 3. The lowest BCUT2D eigenvalue weighted by molar-refractivity contribution is -0.122. The van der Waals surface area contributed by atoms with E-state index in [2.05, 4.69) is 16.0 Å². The summed E-state index contributed by atoms with van der Waals surface area (Å²) in [6, 6.07) is 14.9. The predicted molar refractivity (Wildman–Crippen MR) is 113 cm³/mol. The SMILES string of the molecule is Cc1cccc(NC(=O)Nc2cccc(CNC(=O)CC3CCCCC3)c2)c1. The summed E-state index contributed by atoms with van der Waals surface area (Å²) in [7, 11) is 0. The molecule has 3 amide bonds. The van der Waals surface area contributed by atoms with Crippen LogP contribution in [0.2, 0.25) is 0 Å². The standard InChI is InChI=1S/C23H29N3O2/c1-17-7-5-11-20(13-17)25-23(28)26-21-12-6-10-19(14-21)16-24-22(27)15-18-8-3-2-4-9-18/h5-7,10-14,18H,2-4,8-9,15-16H2,1H3,(H,24,27)(H2,25,26,28). The van der Waals surface area contributed by atoms with Gasteiger partial charge in [0.25, 0.3) is 0 Å². The topological polar surface area (TPSA) is 70.2 Å². The molecule has 0 atom stereocenters. The number of amides is 3. The zero-order valence-electron chi connectivity index (χ0n) is 16.5. The average Bonchev–Trinajstić information content (AvgIpc) is 2.67. The molecule has 3 N–H and O–H groups in total. The Balaban J connectivity index is 1.47. The fourth-order valence-electron chi connectivity index (χ4n) is 3.70. The van der Waals surface area contributed by atoms with Gasteiger partial charge < -0.3 is 16.0 Å². The molecule has 0 bridgehead atoms. The Bertz CT molecular complexity index is 813. The van der Waals surface area contributed by atoms with Crippen molar-refractivity contribution in [2.45, 2.75) is 52.0 Å². The number of hydrogen-bond acceptors (Lipinski definition) is 2. The first-order valence-corrected chi connectivity index (χ1v) is 10.1. The van der Waals surface area contributed by atoms with E-state index >= 15 is 0 Å². The van der Waals surface area contributed by atoms with Crippen molar-refractivity contribution < 1.29 is 9.59 Å². The summed E-state index contributed by atoms with van der Waals surface area (Å²) in [5.74, 6) is 0.648. The molecule has 0 heterocycles. The van der Waals surface area contributed by atoms with E-state index in [1.54, 1.807) is 0 Å². The maximum absolute atomic E-state index is 12.2. The smallest absolute Gasteiger partial charge is 0.323 e. The second-order valence-electron chi connectivity index (χ2n) is 7.63. The maximum Gasteiger partial charge on any atom is 0.323 e. The van der Waals surface area contributed by atoms with Crippen LogP contribution in [0.4, 0.5) is 16.2 Å². The Morgan fingerprint density at radius 2 is 1.61 bits per heavy atom. The Morgan fingerprint density at radius 3 is 2.32 bits per heavy atom. The summed E-state index contributed by atoms with van der Waals surface area (Å²) in [6.07, 6.45) is 6.75. The largest absolute Gasteiger partial charge is 0.352 e. The second kappa shape index (κ2) is 9.93. The van der Waals surface area contributed by atoms with E-state index in [0.717, 1.165) is 16.8 Å². The number of hydrogen-bond donors (Lipinski definition) is 3. The van der Waals surface area contributed by atoms with Crippen LogP contribution in [-0.2, 0) is 11.3 Å². The zero-order chi connectivity index (χ0) is 19.8. The highest BCUT2D eigenvalue weighted by Crippen LogP contribution is 2.26. The van der Waals surface area contributed by atoms with E-state index in [9.17, 15) is 9.59 Å². The predicted octanol–water partition coefficient (Wildman–Crippen LogP) is 5.23. The molecule has 2 aromatic carbocycles. The van der Waals surface area contributed by atoms with E-state index in [1.807, 2.05) is 55.5 Å². The molecule has 0 aliphatic heterocycles. The summed E-state index contributed by atoms with van der Waals surface area (Å²) in [5, 5.41) is 8.67. The minimum absolute atomic E-state index is 0.113. The first-order chi connectivity index (χ1) is 13.6. The minimum atomic E-state index is -0.288. The molecule has 0 saturated heterocycles. The summed E-state index contributed by atoms with van der Waals surface area (Å²) in [6.45, 7) is 2.45. The van der Waals surface area contributed by atoms with Crippen LogP contribution < -0.4 is 16.0 Å². The van der Waals surface area contributed by atoms with Gasteiger partial charge in [0.05, 0.1) is 0 Å². The van der Waals surface area contributed by atoms with Crippen molar-refractivity contribution in [2.24, 2.45) is 5.92 Å². The molecular weight excluding hydrogens is 350 g/mol. The molecule has 5 heteroatoms. The van der Waals surface area contributed by atoms with Crippen LogP contribution in [0.3, 0.4) is 0 Å². The fraction of sp³-hybridized carbons (Fsp3) is 0.391. The summed E-state index contributed by atoms with van der Waals surface area (Å²) in [5.41, 5.74) is 3.50. The van der Waals surface area contributed by atoms with E-state index < -0.39 is 0 Å². The van der Waals surface area contributed by atoms with Gasteiger partial charge in [-0.25, -0.2) is 4.79 Å². The highest BCUT2D eigenvalue weighted by molar-refractivity contribution is 5.99. The third-order valence-corrected chi connectivity index (χ3v) is 5.15. The van der Waals surface area contributed by atoms with Crippen LogP contribution in [-0.4, -0.2) is 11.9 Å². The van der Waals surface area contributed by atoms with Crippen molar-refractivity contribution in [2.75, 3.05) is 10.6 Å². The quantitative estimate of drug-likeness (QED) is 0.643. The van der Waals surface area contributed by atoms with Crippen LogP contribution in [0.5, 0.6) is 0 Å². The molecule has 0 unspecified atom stereocenters. The monoisotopic (exact) mass is 379 g/mol. The van der Waals surface area contributed by atoms with Crippen LogP contribution >= 0.6 is 0 Å². The molecular formula is C23H29N3O2. The van der Waals surface area contributed by atoms with E-state index in [0.29, 0.717) is 24.6 Å². The first-order valence-electron chi connectivity index (χ1n) is 10.1. The number of rotatable bonds is 6. The Kier molecular flexibility index (Phi) is 7.06. The van der Waals surface area contributed by atoms with Gasteiger partial charge in [-0.1, -0.05) is 43.5 Å². The van der Waals surface area contributed by atoms with Crippen LogP contribution in [0, 0.1) is 12.8 Å². The molecule has 2 aromatic rings. The summed E-state index contributed by atoms with van der Waals surface area (Å²) >= 11 is 0. The molecule has 1 aliphatic carbocycles.